The third-order valence-corrected chi connectivity index (χ3v) is 4.05. The lowest BCUT2D eigenvalue weighted by Gasteiger charge is -2.22. The maximum Gasteiger partial charge on any atom is 0.0642 e. The number of benzene rings is 1. The van der Waals surface area contributed by atoms with Crippen molar-refractivity contribution in [2.45, 2.75) is 38.3 Å². The van der Waals surface area contributed by atoms with Crippen LogP contribution in [0.5, 0.6) is 0 Å². The summed E-state index contributed by atoms with van der Waals surface area (Å²) in [6, 6.07) is 7.61. The van der Waals surface area contributed by atoms with Gasteiger partial charge in [-0.25, -0.2) is 0 Å². The van der Waals surface area contributed by atoms with Crippen LogP contribution in [0.15, 0.2) is 18.2 Å². The summed E-state index contributed by atoms with van der Waals surface area (Å²) in [5.74, 6) is 0. The van der Waals surface area contributed by atoms with E-state index in [9.17, 15) is 0 Å². The molecule has 1 aliphatic carbocycles. The van der Waals surface area contributed by atoms with Crippen molar-refractivity contribution >= 4 is 17.3 Å². The van der Waals surface area contributed by atoms with Crippen molar-refractivity contribution in [3.8, 4) is 0 Å². The molecule has 2 aliphatic rings. The molecule has 1 aliphatic heterocycles. The lowest BCUT2D eigenvalue weighted by atomic mass is 10.2. The van der Waals surface area contributed by atoms with Gasteiger partial charge in [0.2, 0.25) is 0 Å². The molecule has 2 nitrogen and oxygen atoms in total. The lowest BCUT2D eigenvalue weighted by Crippen LogP contribution is -2.34. The van der Waals surface area contributed by atoms with Crippen LogP contribution in [-0.2, 0) is 0 Å². The van der Waals surface area contributed by atoms with Gasteiger partial charge in [-0.2, -0.15) is 0 Å². The van der Waals surface area contributed by atoms with E-state index in [1.807, 2.05) is 12.1 Å². The molecule has 0 radical (unpaired) electrons. The highest BCUT2D eigenvalue weighted by Crippen LogP contribution is 2.32. The summed E-state index contributed by atoms with van der Waals surface area (Å²) in [4.78, 5) is 2.43. The third-order valence-electron chi connectivity index (χ3n) is 3.74. The molecule has 92 valence electrons. The minimum absolute atomic E-state index is 0.651. The first kappa shape index (κ1) is 11.4. The molecule has 0 aromatic heterocycles. The van der Waals surface area contributed by atoms with Gasteiger partial charge in [0.15, 0.2) is 0 Å². The minimum Gasteiger partial charge on any atom is -0.368 e. The Labute approximate surface area is 108 Å². The van der Waals surface area contributed by atoms with Crippen molar-refractivity contribution in [3.05, 3.63) is 28.8 Å². The van der Waals surface area contributed by atoms with Crippen molar-refractivity contribution in [3.63, 3.8) is 0 Å². The first-order valence-electron chi connectivity index (χ1n) is 6.50. The number of halogens is 1. The summed E-state index contributed by atoms with van der Waals surface area (Å²) in [6.45, 7) is 4.36. The Bertz CT molecular complexity index is 394. The zero-order valence-electron chi connectivity index (χ0n) is 10.2. The molecule has 1 N–H and O–H groups in total. The van der Waals surface area contributed by atoms with Crippen LogP contribution in [0, 0.1) is 6.92 Å². The fourth-order valence-corrected chi connectivity index (χ4v) is 3.05. The number of nitrogens with zero attached hydrogens (tertiary/aromatic N) is 1. The molecule has 1 unspecified atom stereocenters. The molecule has 17 heavy (non-hydrogen) atoms. The molecule has 1 aromatic rings. The van der Waals surface area contributed by atoms with Gasteiger partial charge in [-0.15, -0.1) is 0 Å². The number of nitrogens with one attached hydrogen (secondary N) is 1. The minimum atomic E-state index is 0.651. The first-order chi connectivity index (χ1) is 8.24. The average molecular weight is 251 g/mol. The van der Waals surface area contributed by atoms with Gasteiger partial charge in [-0.05, 0) is 37.8 Å². The van der Waals surface area contributed by atoms with E-state index in [1.165, 1.54) is 30.5 Å². The molecule has 3 heteroatoms. The van der Waals surface area contributed by atoms with Crippen molar-refractivity contribution in [1.29, 1.82) is 0 Å². The van der Waals surface area contributed by atoms with Gasteiger partial charge < -0.3 is 10.2 Å². The lowest BCUT2D eigenvalue weighted by molar-refractivity contribution is 0.548. The molecule has 0 amide bonds. The van der Waals surface area contributed by atoms with Crippen molar-refractivity contribution in [2.75, 3.05) is 18.0 Å². The van der Waals surface area contributed by atoms with E-state index < -0.39 is 0 Å². The van der Waals surface area contributed by atoms with Crippen LogP contribution in [0.25, 0.3) is 0 Å². The standard InChI is InChI=1S/C14H19ClN2/c1-10-3-2-4-13(15)14(10)17-8-7-12(9-17)16-11-5-6-11/h2-4,11-12,16H,5-9H2,1H3. The van der Waals surface area contributed by atoms with Crippen LogP contribution in [-0.4, -0.2) is 25.2 Å². The predicted octanol–water partition coefficient (Wildman–Crippen LogP) is 2.98. The van der Waals surface area contributed by atoms with Gasteiger partial charge >= 0.3 is 0 Å². The van der Waals surface area contributed by atoms with Crippen molar-refractivity contribution < 1.29 is 0 Å². The van der Waals surface area contributed by atoms with E-state index in [1.54, 1.807) is 0 Å². The van der Waals surface area contributed by atoms with Gasteiger partial charge in [-0.1, -0.05) is 23.7 Å². The Morgan fingerprint density at radius 2 is 2.06 bits per heavy atom. The average Bonchev–Trinajstić information content (AvgIpc) is 2.97. The molecule has 2 fully saturated rings. The monoisotopic (exact) mass is 250 g/mol. The van der Waals surface area contributed by atoms with Gasteiger partial charge in [0.1, 0.15) is 0 Å². The molecule has 1 saturated carbocycles. The summed E-state index contributed by atoms with van der Waals surface area (Å²) in [5.41, 5.74) is 2.51. The summed E-state index contributed by atoms with van der Waals surface area (Å²) in [7, 11) is 0. The molecular weight excluding hydrogens is 232 g/mol. The maximum atomic E-state index is 6.31. The van der Waals surface area contributed by atoms with Gasteiger partial charge in [0.25, 0.3) is 0 Å². The Hall–Kier alpha value is -0.730. The molecule has 1 heterocycles. The molecule has 1 atom stereocenters. The molecular formula is C14H19ClN2. The summed E-state index contributed by atoms with van der Waals surface area (Å²) in [6.07, 6.45) is 3.96. The van der Waals surface area contributed by atoms with Crippen molar-refractivity contribution in [2.24, 2.45) is 0 Å². The summed E-state index contributed by atoms with van der Waals surface area (Å²) >= 11 is 6.31. The van der Waals surface area contributed by atoms with E-state index in [4.69, 9.17) is 11.6 Å². The van der Waals surface area contributed by atoms with Gasteiger partial charge in [0, 0.05) is 25.2 Å². The number of aryl methyl sites for hydroxylation is 1. The Balaban J connectivity index is 1.72. The fourth-order valence-electron chi connectivity index (χ4n) is 2.71. The van der Waals surface area contributed by atoms with Crippen LogP contribution < -0.4 is 10.2 Å². The second-order valence-corrected chi connectivity index (χ2v) is 5.69. The Morgan fingerprint density at radius 3 is 2.76 bits per heavy atom. The highest BCUT2D eigenvalue weighted by Gasteiger charge is 2.30. The highest BCUT2D eigenvalue weighted by atomic mass is 35.5. The first-order valence-corrected chi connectivity index (χ1v) is 6.88. The number of para-hydroxylation sites is 1. The molecule has 0 spiro atoms. The van der Waals surface area contributed by atoms with E-state index in [0.717, 1.165) is 24.2 Å². The summed E-state index contributed by atoms with van der Waals surface area (Å²) in [5, 5.41) is 4.59. The largest absolute Gasteiger partial charge is 0.368 e. The van der Waals surface area contributed by atoms with E-state index >= 15 is 0 Å². The van der Waals surface area contributed by atoms with Crippen molar-refractivity contribution in [1.82, 2.24) is 5.32 Å². The predicted molar refractivity (Wildman–Crippen MR) is 73.0 cm³/mol. The number of hydrogen-bond acceptors (Lipinski definition) is 2. The molecule has 0 bridgehead atoms. The Morgan fingerprint density at radius 1 is 1.24 bits per heavy atom. The fraction of sp³-hybridized carbons (Fsp3) is 0.571. The number of rotatable bonds is 3. The molecule has 1 aromatic carbocycles. The van der Waals surface area contributed by atoms with Gasteiger partial charge in [0.05, 0.1) is 10.7 Å². The normalized spacial score (nSPS) is 24.4. The smallest absolute Gasteiger partial charge is 0.0642 e. The van der Waals surface area contributed by atoms with Crippen LogP contribution in [0.1, 0.15) is 24.8 Å². The highest BCUT2D eigenvalue weighted by molar-refractivity contribution is 6.33. The zero-order valence-corrected chi connectivity index (χ0v) is 11.0. The van der Waals surface area contributed by atoms with Crippen LogP contribution in [0.2, 0.25) is 5.02 Å². The maximum absolute atomic E-state index is 6.31. The molecule has 3 rings (SSSR count). The topological polar surface area (TPSA) is 15.3 Å². The third kappa shape index (κ3) is 2.43. The molecule has 1 saturated heterocycles. The number of anilines is 1. The van der Waals surface area contributed by atoms with E-state index in [0.29, 0.717) is 6.04 Å². The van der Waals surface area contributed by atoms with E-state index in [-0.39, 0.29) is 0 Å². The van der Waals surface area contributed by atoms with Crippen LogP contribution >= 0.6 is 11.6 Å². The van der Waals surface area contributed by atoms with Crippen LogP contribution in [0.3, 0.4) is 0 Å². The second kappa shape index (κ2) is 4.51. The quantitative estimate of drug-likeness (QED) is 0.887. The Kier molecular flexibility index (Phi) is 3.01. The second-order valence-electron chi connectivity index (χ2n) is 5.28. The SMILES string of the molecule is Cc1cccc(Cl)c1N1CCC(NC2CC2)C1. The number of hydrogen-bond donors (Lipinski definition) is 1. The summed E-state index contributed by atoms with van der Waals surface area (Å²) < 4.78 is 0. The van der Waals surface area contributed by atoms with Crippen LogP contribution in [0.4, 0.5) is 5.69 Å². The zero-order chi connectivity index (χ0) is 11.8. The van der Waals surface area contributed by atoms with Gasteiger partial charge in [-0.3, -0.25) is 0 Å². The van der Waals surface area contributed by atoms with E-state index in [2.05, 4.69) is 23.2 Å².